The first-order valence-electron chi connectivity index (χ1n) is 19.9. The molecule has 0 atom stereocenters. The van der Waals surface area contributed by atoms with Crippen molar-refractivity contribution in [3.63, 3.8) is 0 Å². The summed E-state index contributed by atoms with van der Waals surface area (Å²) in [4.78, 5) is 34.0. The molecule has 1 aromatic heterocycles. The summed E-state index contributed by atoms with van der Waals surface area (Å²) in [7, 11) is 3.04. The maximum Gasteiger partial charge on any atom is 0.323 e. The van der Waals surface area contributed by atoms with Gasteiger partial charge in [-0.3, -0.25) is 14.5 Å². The lowest BCUT2D eigenvalue weighted by Gasteiger charge is -2.28. The smallest absolute Gasteiger partial charge is 0.323 e. The third-order valence-electron chi connectivity index (χ3n) is 10.7. The van der Waals surface area contributed by atoms with Crippen LogP contribution in [0.4, 0.5) is 21.9 Å². The van der Waals surface area contributed by atoms with Crippen LogP contribution in [0.3, 0.4) is 0 Å². The Hall–Kier alpha value is -5.86. The van der Waals surface area contributed by atoms with Crippen LogP contribution in [0.2, 0.25) is 0 Å². The van der Waals surface area contributed by atoms with Gasteiger partial charge in [-0.25, -0.2) is 13.2 Å². The van der Waals surface area contributed by atoms with Gasteiger partial charge in [0.1, 0.15) is 28.6 Å². The van der Waals surface area contributed by atoms with E-state index in [1.165, 1.54) is 7.11 Å². The van der Waals surface area contributed by atoms with Gasteiger partial charge in [0, 0.05) is 41.6 Å². The summed E-state index contributed by atoms with van der Waals surface area (Å²) in [6.07, 6.45) is 6.66. The van der Waals surface area contributed by atoms with Crippen LogP contribution >= 0.6 is 0 Å². The molecule has 5 aromatic rings. The molecule has 6 rings (SSSR count). The fourth-order valence-corrected chi connectivity index (χ4v) is 8.05. The predicted molar refractivity (Wildman–Crippen MR) is 237 cm³/mol. The molecule has 0 saturated carbocycles. The van der Waals surface area contributed by atoms with Gasteiger partial charge in [-0.15, -0.1) is 0 Å². The number of amides is 2. The number of hydrogen-bond acceptors (Lipinski definition) is 10. The largest absolute Gasteiger partial charge is 0.496 e. The summed E-state index contributed by atoms with van der Waals surface area (Å²) in [5, 5.41) is 7.28. The minimum absolute atomic E-state index is 0.0148. The van der Waals surface area contributed by atoms with Gasteiger partial charge >= 0.3 is 6.03 Å². The number of hydrogen-bond donors (Lipinski definition) is 3. The number of sulfonamides is 1. The Kier molecular flexibility index (Phi) is 13.5. The molecule has 0 spiro atoms. The normalized spacial score (nSPS) is 13.7. The first-order chi connectivity index (χ1) is 28.5. The van der Waals surface area contributed by atoms with E-state index in [9.17, 15) is 18.0 Å². The Labute approximate surface area is 352 Å². The number of pyridine rings is 1. The van der Waals surface area contributed by atoms with Crippen molar-refractivity contribution in [3.05, 3.63) is 101 Å². The summed E-state index contributed by atoms with van der Waals surface area (Å²) >= 11 is 0. The molecule has 2 amide bonds. The third kappa shape index (κ3) is 10.8. The molecular formula is C46H55N5O8S. The number of piperidine rings is 1. The van der Waals surface area contributed by atoms with Crippen LogP contribution in [-0.2, 0) is 21.9 Å². The van der Waals surface area contributed by atoms with E-state index in [2.05, 4.69) is 32.3 Å². The zero-order valence-corrected chi connectivity index (χ0v) is 36.4. The minimum Gasteiger partial charge on any atom is -0.496 e. The van der Waals surface area contributed by atoms with E-state index in [0.717, 1.165) is 66.2 Å². The summed E-state index contributed by atoms with van der Waals surface area (Å²) < 4.78 is 50.4. The van der Waals surface area contributed by atoms with Crippen LogP contribution in [-0.4, -0.2) is 77.8 Å². The molecule has 13 nitrogen and oxygen atoms in total. The quantitative estimate of drug-likeness (QED) is 0.0869. The number of ether oxygens (including phenoxy) is 4. The molecule has 0 aliphatic carbocycles. The Morgan fingerprint density at radius 1 is 0.817 bits per heavy atom. The molecule has 60 heavy (non-hydrogen) atoms. The Morgan fingerprint density at radius 3 is 2.10 bits per heavy atom. The van der Waals surface area contributed by atoms with Crippen molar-refractivity contribution in [2.75, 3.05) is 63.1 Å². The predicted octanol–water partition coefficient (Wildman–Crippen LogP) is 9.26. The summed E-state index contributed by atoms with van der Waals surface area (Å²) in [6.45, 7) is 8.08. The van der Waals surface area contributed by atoms with Gasteiger partial charge in [0.2, 0.25) is 10.0 Å². The average molecular weight is 838 g/mol. The van der Waals surface area contributed by atoms with Gasteiger partial charge in [-0.1, -0.05) is 45.0 Å². The maximum absolute atomic E-state index is 13.6. The molecule has 4 aromatic carbocycles. The molecule has 1 fully saturated rings. The molecule has 1 aliphatic heterocycles. The van der Waals surface area contributed by atoms with Crippen LogP contribution in [0.25, 0.3) is 10.8 Å². The second kappa shape index (κ2) is 18.6. The van der Waals surface area contributed by atoms with E-state index in [1.54, 1.807) is 50.7 Å². The number of fused-ring (bicyclic) bond motifs is 1. The number of nitrogens with zero attached hydrogens (tertiary/aromatic N) is 2. The van der Waals surface area contributed by atoms with E-state index in [4.69, 9.17) is 18.9 Å². The summed E-state index contributed by atoms with van der Waals surface area (Å²) in [6, 6.07) is 21.4. The topological polar surface area (TPSA) is 157 Å². The fourth-order valence-electron chi connectivity index (χ4n) is 7.50. The lowest BCUT2D eigenvalue weighted by atomic mass is 9.86. The average Bonchev–Trinajstić information content (AvgIpc) is 3.20. The van der Waals surface area contributed by atoms with Gasteiger partial charge in [-0.2, -0.15) is 0 Å². The third-order valence-corrected chi connectivity index (χ3v) is 11.3. The van der Waals surface area contributed by atoms with Gasteiger partial charge in [-0.05, 0) is 104 Å². The first kappa shape index (κ1) is 43.7. The van der Waals surface area contributed by atoms with Crippen molar-refractivity contribution in [1.82, 2.24) is 9.88 Å². The van der Waals surface area contributed by atoms with E-state index < -0.39 is 16.1 Å². The molecule has 3 N–H and O–H groups in total. The number of aromatic nitrogens is 1. The molecule has 1 aliphatic rings. The minimum atomic E-state index is -3.64. The highest BCUT2D eigenvalue weighted by Gasteiger charge is 2.25. The van der Waals surface area contributed by atoms with Crippen molar-refractivity contribution < 1.29 is 37.0 Å². The molecule has 2 heterocycles. The second-order valence-corrected chi connectivity index (χ2v) is 18.1. The number of urea groups is 1. The number of likely N-dealkylation sites (tertiary alicyclic amines) is 1. The Morgan fingerprint density at radius 2 is 1.47 bits per heavy atom. The van der Waals surface area contributed by atoms with E-state index in [1.807, 2.05) is 63.2 Å². The SMILES string of the molecule is COc1cc(Cc2cc(Oc3ccc(NC(=O)Nc4cc(C(C)(C)C)cc(NS(C)(=O)=O)c4OC)c4ccccc34)ccn2)cc(OC)c1C(=O)CCC1CCN(C)CC1. The van der Waals surface area contributed by atoms with Crippen molar-refractivity contribution in [2.45, 2.75) is 58.3 Å². The van der Waals surface area contributed by atoms with Gasteiger partial charge in [0.05, 0.1) is 44.6 Å². The number of ketones is 1. The number of benzene rings is 4. The zero-order valence-electron chi connectivity index (χ0n) is 35.6. The standard InChI is InChI=1S/C46H55N5O8S/c1-46(2,3)31-26-37(44(58-7)38(27-31)50-60(8,54)55)49-45(53)48-36-14-16-40(35-12-10-9-11-34(35)36)59-33-17-20-47-32(28-33)23-30-24-41(56-5)43(42(25-30)57-6)39(52)15-13-29-18-21-51(4)22-19-29/h9-12,14,16-17,20,24-29,50H,13,15,18-19,21-23H2,1-8H3,(H2,48,49,53). The maximum atomic E-state index is 13.6. The molecular weight excluding hydrogens is 783 g/mol. The summed E-state index contributed by atoms with van der Waals surface area (Å²) in [5.74, 6) is 2.81. The Balaban J connectivity index is 1.19. The number of nitrogens with one attached hydrogen (secondary N) is 3. The fraction of sp³-hybridized carbons (Fsp3) is 0.370. The second-order valence-electron chi connectivity index (χ2n) is 16.3. The van der Waals surface area contributed by atoms with E-state index in [-0.39, 0.29) is 22.6 Å². The number of rotatable bonds is 15. The lowest BCUT2D eigenvalue weighted by Crippen LogP contribution is -2.30. The van der Waals surface area contributed by atoms with Crippen molar-refractivity contribution in [2.24, 2.45) is 5.92 Å². The number of carbonyl (C=O) groups is 2. The molecule has 0 bridgehead atoms. The zero-order chi connectivity index (χ0) is 43.2. The Bertz CT molecular complexity index is 2450. The van der Waals surface area contributed by atoms with Crippen LogP contribution in [0.1, 0.15) is 73.6 Å². The molecule has 0 radical (unpaired) electrons. The van der Waals surface area contributed by atoms with Crippen molar-refractivity contribution >= 4 is 49.7 Å². The number of anilines is 3. The summed E-state index contributed by atoms with van der Waals surface area (Å²) in [5.41, 5.74) is 3.52. The lowest BCUT2D eigenvalue weighted by molar-refractivity contribution is 0.0959. The molecule has 14 heteroatoms. The van der Waals surface area contributed by atoms with E-state index in [0.29, 0.717) is 58.7 Å². The van der Waals surface area contributed by atoms with Crippen LogP contribution in [0, 0.1) is 5.92 Å². The van der Waals surface area contributed by atoms with Crippen molar-refractivity contribution in [1.29, 1.82) is 0 Å². The van der Waals surface area contributed by atoms with Gasteiger partial charge in [0.25, 0.3) is 0 Å². The highest BCUT2D eigenvalue weighted by Crippen LogP contribution is 2.40. The molecule has 0 unspecified atom stereocenters. The monoisotopic (exact) mass is 837 g/mol. The van der Waals surface area contributed by atoms with Crippen LogP contribution < -0.4 is 34.3 Å². The van der Waals surface area contributed by atoms with Gasteiger partial charge in [0.15, 0.2) is 11.5 Å². The van der Waals surface area contributed by atoms with Crippen molar-refractivity contribution in [3.8, 4) is 28.7 Å². The highest BCUT2D eigenvalue weighted by molar-refractivity contribution is 7.92. The molecule has 318 valence electrons. The number of carbonyl (C=O) groups excluding carboxylic acids is 2. The van der Waals surface area contributed by atoms with Crippen LogP contribution in [0.15, 0.2) is 79.0 Å². The van der Waals surface area contributed by atoms with E-state index >= 15 is 0 Å². The van der Waals surface area contributed by atoms with Gasteiger partial charge < -0.3 is 34.5 Å². The number of Topliss-reactive ketones (excluding diaryl/α,β-unsaturated/α-hetero) is 1. The van der Waals surface area contributed by atoms with Crippen LogP contribution in [0.5, 0.6) is 28.7 Å². The first-order valence-corrected chi connectivity index (χ1v) is 21.8. The highest BCUT2D eigenvalue weighted by atomic mass is 32.2. The molecule has 1 saturated heterocycles. The number of methoxy groups -OCH3 is 3.